The van der Waals surface area contributed by atoms with E-state index in [2.05, 4.69) is 0 Å². The summed E-state index contributed by atoms with van der Waals surface area (Å²) in [4.78, 5) is 26.1. The number of amides is 2. The minimum absolute atomic E-state index is 0.00626. The Morgan fingerprint density at radius 3 is 2.50 bits per heavy atom. The lowest BCUT2D eigenvalue weighted by Gasteiger charge is -2.31. The lowest BCUT2D eigenvalue weighted by Crippen LogP contribution is -2.50. The number of carbonyl (C=O) groups is 2. The molecule has 1 fully saturated rings. The van der Waals surface area contributed by atoms with Crippen LogP contribution < -0.4 is 0 Å². The highest BCUT2D eigenvalue weighted by Crippen LogP contribution is 2.03. The minimum atomic E-state index is -0.0635. The van der Waals surface area contributed by atoms with Crippen LogP contribution in [-0.2, 0) is 9.59 Å². The maximum Gasteiger partial charge on any atom is 0.247 e. The van der Waals surface area contributed by atoms with Crippen molar-refractivity contribution in [1.82, 2.24) is 9.80 Å². The Morgan fingerprint density at radius 1 is 1.36 bits per heavy atom. The zero-order valence-corrected chi connectivity index (χ0v) is 8.91. The van der Waals surface area contributed by atoms with Gasteiger partial charge >= 0.3 is 0 Å². The summed E-state index contributed by atoms with van der Waals surface area (Å²) in [6.07, 6.45) is 1.57. The Hall–Kier alpha value is -1.32. The van der Waals surface area contributed by atoms with E-state index >= 15 is 0 Å². The molecule has 0 unspecified atom stereocenters. The lowest BCUT2D eigenvalue weighted by atomic mass is 10.2. The van der Waals surface area contributed by atoms with Crippen molar-refractivity contribution in [2.24, 2.45) is 0 Å². The van der Waals surface area contributed by atoms with Crippen LogP contribution in [0.2, 0.25) is 0 Å². The second-order valence-electron chi connectivity index (χ2n) is 3.80. The molecule has 14 heavy (non-hydrogen) atoms. The normalized spacial score (nSPS) is 16.9. The van der Waals surface area contributed by atoms with Crippen molar-refractivity contribution in [3.8, 4) is 0 Å². The molecule has 0 spiro atoms. The molecule has 0 aromatic heterocycles. The standard InChI is InChI=1S/C10H16N2O2/c1-8(2)6-9(13)12-5-4-11(3)10(14)7-12/h6H,4-5,7H2,1-3H3. The molecule has 0 N–H and O–H groups in total. The molecule has 4 nitrogen and oxygen atoms in total. The average molecular weight is 196 g/mol. The van der Waals surface area contributed by atoms with Crippen LogP contribution in [0.4, 0.5) is 0 Å². The van der Waals surface area contributed by atoms with Crippen LogP contribution >= 0.6 is 0 Å². The minimum Gasteiger partial charge on any atom is -0.342 e. The molecule has 0 aromatic carbocycles. The Balaban J connectivity index is 2.59. The molecular formula is C10H16N2O2. The number of hydrogen-bond donors (Lipinski definition) is 0. The van der Waals surface area contributed by atoms with Gasteiger partial charge in [-0.3, -0.25) is 9.59 Å². The fourth-order valence-corrected chi connectivity index (χ4v) is 1.28. The fraction of sp³-hybridized carbons (Fsp3) is 0.600. The third-order valence-electron chi connectivity index (χ3n) is 2.18. The van der Waals surface area contributed by atoms with Gasteiger partial charge in [-0.05, 0) is 13.8 Å². The van der Waals surface area contributed by atoms with Gasteiger partial charge in [0.15, 0.2) is 0 Å². The van der Waals surface area contributed by atoms with E-state index in [-0.39, 0.29) is 18.4 Å². The summed E-state index contributed by atoms with van der Waals surface area (Å²) >= 11 is 0. The first-order chi connectivity index (χ1) is 6.50. The van der Waals surface area contributed by atoms with Gasteiger partial charge in [-0.2, -0.15) is 0 Å². The molecule has 1 aliphatic heterocycles. The summed E-state index contributed by atoms with van der Waals surface area (Å²) in [5.74, 6) is -0.0572. The summed E-state index contributed by atoms with van der Waals surface area (Å²) < 4.78 is 0. The third kappa shape index (κ3) is 2.58. The van der Waals surface area contributed by atoms with Gasteiger partial charge in [0.1, 0.15) is 6.54 Å². The maximum atomic E-state index is 11.5. The first-order valence-electron chi connectivity index (χ1n) is 4.68. The van der Waals surface area contributed by atoms with Gasteiger partial charge in [0.05, 0.1) is 0 Å². The zero-order chi connectivity index (χ0) is 10.7. The van der Waals surface area contributed by atoms with E-state index in [1.54, 1.807) is 22.9 Å². The predicted octanol–water partition coefficient (Wildman–Crippen LogP) is 0.253. The summed E-state index contributed by atoms with van der Waals surface area (Å²) in [6, 6.07) is 0. The van der Waals surface area contributed by atoms with E-state index in [4.69, 9.17) is 0 Å². The quantitative estimate of drug-likeness (QED) is 0.564. The number of piperazine rings is 1. The first-order valence-corrected chi connectivity index (χ1v) is 4.68. The van der Waals surface area contributed by atoms with Crippen molar-refractivity contribution in [3.05, 3.63) is 11.6 Å². The maximum absolute atomic E-state index is 11.5. The lowest BCUT2D eigenvalue weighted by molar-refractivity contribution is -0.141. The monoisotopic (exact) mass is 196 g/mol. The van der Waals surface area contributed by atoms with Crippen molar-refractivity contribution in [2.45, 2.75) is 13.8 Å². The SMILES string of the molecule is CC(C)=CC(=O)N1CCN(C)C(=O)C1. The Kier molecular flexibility index (Phi) is 3.28. The summed E-state index contributed by atoms with van der Waals surface area (Å²) in [6.45, 7) is 5.21. The van der Waals surface area contributed by atoms with E-state index in [1.165, 1.54) is 0 Å². The molecule has 0 atom stereocenters. The Bertz CT molecular complexity index is 280. The third-order valence-corrected chi connectivity index (χ3v) is 2.18. The van der Waals surface area contributed by atoms with Gasteiger partial charge < -0.3 is 9.80 Å². The van der Waals surface area contributed by atoms with Crippen molar-refractivity contribution in [1.29, 1.82) is 0 Å². The van der Waals surface area contributed by atoms with Gasteiger partial charge in [0, 0.05) is 26.2 Å². The van der Waals surface area contributed by atoms with E-state index in [1.807, 2.05) is 13.8 Å². The molecule has 0 aromatic rings. The van der Waals surface area contributed by atoms with Crippen LogP contribution in [-0.4, -0.2) is 48.3 Å². The predicted molar refractivity (Wildman–Crippen MR) is 53.6 cm³/mol. The number of carbonyl (C=O) groups excluding carboxylic acids is 2. The first kappa shape index (κ1) is 10.8. The van der Waals surface area contributed by atoms with E-state index < -0.39 is 0 Å². The molecule has 0 radical (unpaired) electrons. The number of allylic oxidation sites excluding steroid dienone is 1. The molecule has 0 aliphatic carbocycles. The second-order valence-corrected chi connectivity index (χ2v) is 3.80. The highest BCUT2D eigenvalue weighted by molar-refractivity contribution is 5.92. The van der Waals surface area contributed by atoms with Gasteiger partial charge in [0.2, 0.25) is 11.8 Å². The van der Waals surface area contributed by atoms with Crippen LogP contribution in [0.25, 0.3) is 0 Å². The number of likely N-dealkylation sites (N-methyl/N-ethyl adjacent to an activating group) is 1. The van der Waals surface area contributed by atoms with Crippen LogP contribution in [0.3, 0.4) is 0 Å². The second kappa shape index (κ2) is 4.26. The van der Waals surface area contributed by atoms with Gasteiger partial charge in [-0.1, -0.05) is 5.57 Å². The fourth-order valence-electron chi connectivity index (χ4n) is 1.28. The van der Waals surface area contributed by atoms with Crippen molar-refractivity contribution in [3.63, 3.8) is 0 Å². The van der Waals surface area contributed by atoms with Crippen LogP contribution in [0.5, 0.6) is 0 Å². The zero-order valence-electron chi connectivity index (χ0n) is 8.91. The molecule has 1 rings (SSSR count). The molecular weight excluding hydrogens is 180 g/mol. The smallest absolute Gasteiger partial charge is 0.247 e. The van der Waals surface area contributed by atoms with E-state index in [0.717, 1.165) is 5.57 Å². The molecule has 78 valence electrons. The molecule has 0 bridgehead atoms. The van der Waals surface area contributed by atoms with Crippen molar-refractivity contribution >= 4 is 11.8 Å². The number of rotatable bonds is 1. The number of nitrogens with zero attached hydrogens (tertiary/aromatic N) is 2. The van der Waals surface area contributed by atoms with Crippen molar-refractivity contribution < 1.29 is 9.59 Å². The highest BCUT2D eigenvalue weighted by Gasteiger charge is 2.23. The summed E-state index contributed by atoms with van der Waals surface area (Å²) in [5, 5.41) is 0. The van der Waals surface area contributed by atoms with Gasteiger partial charge in [-0.25, -0.2) is 0 Å². The van der Waals surface area contributed by atoms with Crippen LogP contribution in [0, 0.1) is 0 Å². The van der Waals surface area contributed by atoms with Gasteiger partial charge in [0.25, 0.3) is 0 Å². The van der Waals surface area contributed by atoms with Crippen molar-refractivity contribution in [2.75, 3.05) is 26.7 Å². The Labute approximate surface area is 84.2 Å². The molecule has 0 saturated carbocycles. The average Bonchev–Trinajstić information content (AvgIpc) is 2.08. The van der Waals surface area contributed by atoms with Crippen LogP contribution in [0.1, 0.15) is 13.8 Å². The molecule has 4 heteroatoms. The largest absolute Gasteiger partial charge is 0.342 e. The van der Waals surface area contributed by atoms with Gasteiger partial charge in [-0.15, -0.1) is 0 Å². The Morgan fingerprint density at radius 2 is 2.00 bits per heavy atom. The molecule has 1 heterocycles. The van der Waals surface area contributed by atoms with Crippen LogP contribution in [0.15, 0.2) is 11.6 Å². The highest BCUT2D eigenvalue weighted by atomic mass is 16.2. The summed E-state index contributed by atoms with van der Waals surface area (Å²) in [7, 11) is 1.76. The summed E-state index contributed by atoms with van der Waals surface area (Å²) in [5.41, 5.74) is 0.960. The van der Waals surface area contributed by atoms with E-state index in [9.17, 15) is 9.59 Å². The topological polar surface area (TPSA) is 40.6 Å². The molecule has 1 aliphatic rings. The molecule has 2 amide bonds. The molecule has 1 saturated heterocycles. The number of hydrogen-bond acceptors (Lipinski definition) is 2. The van der Waals surface area contributed by atoms with E-state index in [0.29, 0.717) is 13.1 Å².